The smallest absolute Gasteiger partial charge is 0.208 e. The van der Waals surface area contributed by atoms with Gasteiger partial charge in [0.05, 0.1) is 6.26 Å². The van der Waals surface area contributed by atoms with Gasteiger partial charge in [-0.15, -0.1) is 0 Å². The lowest BCUT2D eigenvalue weighted by molar-refractivity contribution is 0.473. The Balaban J connectivity index is 2.17. The van der Waals surface area contributed by atoms with Crippen LogP contribution < -0.4 is 4.72 Å². The molecule has 0 aliphatic heterocycles. The molecule has 2 aromatic rings. The minimum atomic E-state index is -3.15. The minimum absolute atomic E-state index is 0.267. The van der Waals surface area contributed by atoms with Crippen molar-refractivity contribution < 1.29 is 13.5 Å². The van der Waals surface area contributed by atoms with Crippen LogP contribution in [0.3, 0.4) is 0 Å². The van der Waals surface area contributed by atoms with Gasteiger partial charge in [-0.25, -0.2) is 13.1 Å². The topological polar surface area (TPSA) is 66.4 Å². The molecule has 0 saturated heterocycles. The van der Waals surface area contributed by atoms with E-state index in [2.05, 4.69) is 20.7 Å². The molecule has 0 aliphatic rings. The van der Waals surface area contributed by atoms with Gasteiger partial charge in [0, 0.05) is 16.4 Å². The summed E-state index contributed by atoms with van der Waals surface area (Å²) in [6, 6.07) is 9.49. The first-order valence-corrected chi connectivity index (χ1v) is 8.90. The minimum Gasteiger partial charge on any atom is -0.507 e. The van der Waals surface area contributed by atoms with E-state index >= 15 is 0 Å². The Hall–Kier alpha value is -1.11. The van der Waals surface area contributed by atoms with Gasteiger partial charge in [-0.05, 0) is 29.9 Å². The van der Waals surface area contributed by atoms with Gasteiger partial charge in [-0.3, -0.25) is 0 Å². The van der Waals surface area contributed by atoms with Crippen LogP contribution >= 0.6 is 15.9 Å². The van der Waals surface area contributed by atoms with Crippen LogP contribution in [0, 0.1) is 0 Å². The monoisotopic (exact) mass is 357 g/mol. The van der Waals surface area contributed by atoms with Crippen LogP contribution in [0.4, 0.5) is 0 Å². The molecule has 0 heterocycles. The molecule has 6 heteroatoms. The second-order valence-corrected chi connectivity index (χ2v) is 7.37. The van der Waals surface area contributed by atoms with Gasteiger partial charge in [-0.1, -0.05) is 40.2 Å². The molecule has 2 rings (SSSR count). The zero-order valence-electron chi connectivity index (χ0n) is 11.1. The highest BCUT2D eigenvalue weighted by molar-refractivity contribution is 9.10. The molecule has 0 fully saturated rings. The first kappa shape index (κ1) is 15.3. The highest BCUT2D eigenvalue weighted by Gasteiger charge is 2.10. The quantitative estimate of drug-likeness (QED) is 0.808. The van der Waals surface area contributed by atoms with Crippen molar-refractivity contribution >= 4 is 36.7 Å². The fraction of sp³-hybridized carbons (Fsp3) is 0.286. The molecule has 0 amide bonds. The highest BCUT2D eigenvalue weighted by Crippen LogP contribution is 2.34. The summed E-state index contributed by atoms with van der Waals surface area (Å²) in [4.78, 5) is 0. The van der Waals surface area contributed by atoms with E-state index in [1.165, 1.54) is 0 Å². The van der Waals surface area contributed by atoms with Crippen LogP contribution in [0.5, 0.6) is 5.75 Å². The average Bonchev–Trinajstić information content (AvgIpc) is 2.39. The fourth-order valence-electron chi connectivity index (χ4n) is 2.10. The van der Waals surface area contributed by atoms with E-state index in [9.17, 15) is 13.5 Å². The van der Waals surface area contributed by atoms with E-state index in [4.69, 9.17) is 0 Å². The van der Waals surface area contributed by atoms with Crippen molar-refractivity contribution in [2.75, 3.05) is 12.8 Å². The molecule has 2 aromatic carbocycles. The van der Waals surface area contributed by atoms with Gasteiger partial charge >= 0.3 is 0 Å². The predicted molar refractivity (Wildman–Crippen MR) is 84.5 cm³/mol. The molecule has 4 nitrogen and oxygen atoms in total. The van der Waals surface area contributed by atoms with Crippen LogP contribution in [0.25, 0.3) is 10.8 Å². The molecule has 0 aliphatic carbocycles. The normalized spacial score (nSPS) is 11.9. The summed E-state index contributed by atoms with van der Waals surface area (Å²) in [5, 5.41) is 12.0. The van der Waals surface area contributed by atoms with Crippen LogP contribution in [-0.2, 0) is 16.4 Å². The first-order chi connectivity index (χ1) is 9.38. The third-order valence-electron chi connectivity index (χ3n) is 3.03. The molecular formula is C14H16BrNO3S. The van der Waals surface area contributed by atoms with Crippen molar-refractivity contribution in [1.82, 2.24) is 4.72 Å². The number of fused-ring (bicyclic) bond motifs is 1. The molecule has 0 unspecified atom stereocenters. The van der Waals surface area contributed by atoms with Crippen molar-refractivity contribution in [2.24, 2.45) is 0 Å². The Morgan fingerprint density at radius 1 is 1.25 bits per heavy atom. The fourth-order valence-corrected chi connectivity index (χ4v) is 3.23. The Bertz CT molecular complexity index is 729. The number of sulfonamides is 1. The summed E-state index contributed by atoms with van der Waals surface area (Å²) in [6.45, 7) is 0.364. The molecule has 0 atom stereocenters. The van der Waals surface area contributed by atoms with Gasteiger partial charge < -0.3 is 5.11 Å². The summed E-state index contributed by atoms with van der Waals surface area (Å²) in [7, 11) is -3.15. The van der Waals surface area contributed by atoms with Gasteiger partial charge in [-0.2, -0.15) is 0 Å². The van der Waals surface area contributed by atoms with E-state index in [1.54, 1.807) is 0 Å². The van der Waals surface area contributed by atoms with E-state index in [0.717, 1.165) is 27.1 Å². The maximum absolute atomic E-state index is 11.0. The summed E-state index contributed by atoms with van der Waals surface area (Å²) in [5.74, 6) is 0.267. The van der Waals surface area contributed by atoms with Gasteiger partial charge in [0.2, 0.25) is 10.0 Å². The predicted octanol–water partition coefficient (Wildman–Crippen LogP) is 2.79. The molecule has 0 radical (unpaired) electrons. The number of phenols is 1. The van der Waals surface area contributed by atoms with Gasteiger partial charge in [0.15, 0.2) is 0 Å². The summed E-state index contributed by atoms with van der Waals surface area (Å²) >= 11 is 3.50. The lowest BCUT2D eigenvalue weighted by atomic mass is 10.0. The lowest BCUT2D eigenvalue weighted by Gasteiger charge is -2.10. The number of hydrogen-bond donors (Lipinski definition) is 2. The van der Waals surface area contributed by atoms with Crippen molar-refractivity contribution in [3.05, 3.63) is 40.4 Å². The second kappa shape index (κ2) is 6.11. The largest absolute Gasteiger partial charge is 0.507 e. The number of nitrogens with one attached hydrogen (secondary N) is 1. The Morgan fingerprint density at radius 2 is 1.90 bits per heavy atom. The molecule has 0 spiro atoms. The number of benzene rings is 2. The van der Waals surface area contributed by atoms with Crippen LogP contribution in [-0.4, -0.2) is 26.3 Å². The van der Waals surface area contributed by atoms with Gasteiger partial charge in [0.25, 0.3) is 0 Å². The maximum Gasteiger partial charge on any atom is 0.208 e. The van der Waals surface area contributed by atoms with E-state index in [-0.39, 0.29) is 5.75 Å². The Labute approximate surface area is 127 Å². The third-order valence-corrected chi connectivity index (χ3v) is 4.42. The van der Waals surface area contributed by atoms with Crippen molar-refractivity contribution in [2.45, 2.75) is 12.8 Å². The molecule has 2 N–H and O–H groups in total. The number of aryl methyl sites for hydroxylation is 1. The number of aromatic hydroxyl groups is 1. The Morgan fingerprint density at radius 3 is 2.55 bits per heavy atom. The molecule has 0 bridgehead atoms. The van der Waals surface area contributed by atoms with E-state index < -0.39 is 10.0 Å². The number of phenolic OH excluding ortho intramolecular Hbond substituents is 1. The summed E-state index contributed by atoms with van der Waals surface area (Å²) in [6.07, 6.45) is 2.38. The van der Waals surface area contributed by atoms with Gasteiger partial charge in [0.1, 0.15) is 5.75 Å². The molecule has 108 valence electrons. The molecular weight excluding hydrogens is 342 g/mol. The maximum atomic E-state index is 11.0. The SMILES string of the molecule is CS(=O)(=O)NCCCc1cc(Br)c2ccccc2c1O. The van der Waals surface area contributed by atoms with Crippen molar-refractivity contribution in [1.29, 1.82) is 0 Å². The molecule has 0 saturated carbocycles. The molecule has 0 aromatic heterocycles. The number of hydrogen-bond acceptors (Lipinski definition) is 3. The standard InChI is InChI=1S/C14H16BrNO3S/c1-20(18,19)16-8-4-5-10-9-13(15)11-6-2-3-7-12(11)14(10)17/h2-3,6-7,9,16-17H,4-5,8H2,1H3. The first-order valence-electron chi connectivity index (χ1n) is 6.22. The Kier molecular flexibility index (Phi) is 4.67. The van der Waals surface area contributed by atoms with E-state index in [0.29, 0.717) is 19.4 Å². The van der Waals surface area contributed by atoms with Crippen LogP contribution in [0.15, 0.2) is 34.8 Å². The lowest BCUT2D eigenvalue weighted by Crippen LogP contribution is -2.23. The third kappa shape index (κ3) is 3.71. The highest BCUT2D eigenvalue weighted by atomic mass is 79.9. The summed E-state index contributed by atoms with van der Waals surface area (Å²) < 4.78 is 25.3. The average molecular weight is 358 g/mol. The molecule has 20 heavy (non-hydrogen) atoms. The summed E-state index contributed by atoms with van der Waals surface area (Å²) in [5.41, 5.74) is 0.811. The van der Waals surface area contributed by atoms with Crippen molar-refractivity contribution in [3.63, 3.8) is 0 Å². The second-order valence-electron chi connectivity index (χ2n) is 4.68. The zero-order chi connectivity index (χ0) is 14.8. The van der Waals surface area contributed by atoms with Crippen LogP contribution in [0.2, 0.25) is 0 Å². The number of rotatable bonds is 5. The van der Waals surface area contributed by atoms with E-state index in [1.807, 2.05) is 30.3 Å². The van der Waals surface area contributed by atoms with Crippen molar-refractivity contribution in [3.8, 4) is 5.75 Å². The van der Waals surface area contributed by atoms with Crippen LogP contribution in [0.1, 0.15) is 12.0 Å². The number of halogens is 1. The zero-order valence-corrected chi connectivity index (χ0v) is 13.5.